The molecule has 2 bridgehead atoms. The molecule has 0 radical (unpaired) electrons. The monoisotopic (exact) mass is 294 g/mol. The van der Waals surface area contributed by atoms with Crippen molar-refractivity contribution < 1.29 is 9.59 Å². The van der Waals surface area contributed by atoms with E-state index in [2.05, 4.69) is 17.5 Å². The molecule has 110 valence electrons. The number of thioether (sulfide) groups is 1. The predicted molar refractivity (Wildman–Crippen MR) is 80.4 cm³/mol. The fourth-order valence-corrected chi connectivity index (χ4v) is 4.43. The first-order valence-electron chi connectivity index (χ1n) is 7.50. The van der Waals surface area contributed by atoms with Gasteiger partial charge in [0.25, 0.3) is 0 Å². The van der Waals surface area contributed by atoms with E-state index in [0.29, 0.717) is 11.8 Å². The minimum Gasteiger partial charge on any atom is -0.344 e. The lowest BCUT2D eigenvalue weighted by Gasteiger charge is -2.30. The standard InChI is InChI=1S/C15H22N2O2S/c1-10(15(19)17-4-6-20-7-5-17)16-14(18)13-9-11-2-3-12(13)8-11/h2-3,10-13H,4-9H2,1H3,(H,16,18). The van der Waals surface area contributed by atoms with Crippen LogP contribution in [-0.2, 0) is 9.59 Å². The molecule has 0 aromatic carbocycles. The quantitative estimate of drug-likeness (QED) is 0.798. The van der Waals surface area contributed by atoms with Crippen LogP contribution in [0.2, 0.25) is 0 Å². The lowest BCUT2D eigenvalue weighted by molar-refractivity contribution is -0.137. The summed E-state index contributed by atoms with van der Waals surface area (Å²) in [5.74, 6) is 3.20. The minimum atomic E-state index is -0.395. The van der Waals surface area contributed by atoms with Crippen LogP contribution in [-0.4, -0.2) is 47.4 Å². The Bertz CT molecular complexity index is 432. The van der Waals surface area contributed by atoms with Gasteiger partial charge in [0.05, 0.1) is 0 Å². The average molecular weight is 294 g/mol. The van der Waals surface area contributed by atoms with E-state index in [9.17, 15) is 9.59 Å². The normalized spacial score (nSPS) is 33.2. The maximum Gasteiger partial charge on any atom is 0.244 e. The Kier molecular flexibility index (Phi) is 4.06. The van der Waals surface area contributed by atoms with Crippen LogP contribution in [0.25, 0.3) is 0 Å². The predicted octanol–water partition coefficient (Wildman–Crippen LogP) is 1.28. The number of carbonyl (C=O) groups is 2. The summed E-state index contributed by atoms with van der Waals surface area (Å²) in [6, 6.07) is -0.395. The van der Waals surface area contributed by atoms with E-state index in [4.69, 9.17) is 0 Å². The highest BCUT2D eigenvalue weighted by Crippen LogP contribution is 2.43. The van der Waals surface area contributed by atoms with Crippen molar-refractivity contribution in [2.45, 2.75) is 25.8 Å². The molecule has 2 amide bonds. The number of allylic oxidation sites excluding steroid dienone is 2. The van der Waals surface area contributed by atoms with Crippen LogP contribution in [0.1, 0.15) is 19.8 Å². The third-order valence-electron chi connectivity index (χ3n) is 4.67. The second-order valence-electron chi connectivity index (χ2n) is 6.05. The van der Waals surface area contributed by atoms with Crippen LogP contribution in [0.4, 0.5) is 0 Å². The molecule has 4 unspecified atom stereocenters. The largest absolute Gasteiger partial charge is 0.344 e. The molecule has 0 aromatic heterocycles. The Morgan fingerprint density at radius 2 is 2.00 bits per heavy atom. The van der Waals surface area contributed by atoms with Crippen molar-refractivity contribution in [3.8, 4) is 0 Å². The Hall–Kier alpha value is -0.970. The molecule has 2 fully saturated rings. The van der Waals surface area contributed by atoms with Gasteiger partial charge in [0.15, 0.2) is 0 Å². The summed E-state index contributed by atoms with van der Waals surface area (Å²) >= 11 is 1.88. The number of amides is 2. The number of hydrogen-bond donors (Lipinski definition) is 1. The molecule has 1 aliphatic heterocycles. The fourth-order valence-electron chi connectivity index (χ4n) is 3.52. The van der Waals surface area contributed by atoms with Crippen molar-refractivity contribution in [1.82, 2.24) is 10.2 Å². The molecule has 0 aromatic rings. The van der Waals surface area contributed by atoms with Crippen LogP contribution in [0.3, 0.4) is 0 Å². The average Bonchev–Trinajstić information content (AvgIpc) is 3.10. The SMILES string of the molecule is CC(NC(=O)C1CC2C=CC1C2)C(=O)N1CCSCC1. The molecular formula is C15H22N2O2S. The van der Waals surface area contributed by atoms with Gasteiger partial charge in [0.1, 0.15) is 6.04 Å². The van der Waals surface area contributed by atoms with E-state index in [1.54, 1.807) is 0 Å². The molecule has 1 heterocycles. The Morgan fingerprint density at radius 3 is 2.60 bits per heavy atom. The van der Waals surface area contributed by atoms with Crippen LogP contribution >= 0.6 is 11.8 Å². The molecule has 5 heteroatoms. The first-order valence-corrected chi connectivity index (χ1v) is 8.66. The molecular weight excluding hydrogens is 272 g/mol. The highest BCUT2D eigenvalue weighted by molar-refractivity contribution is 7.99. The lowest BCUT2D eigenvalue weighted by atomic mass is 9.92. The summed E-state index contributed by atoms with van der Waals surface area (Å²) in [5.41, 5.74) is 0. The summed E-state index contributed by atoms with van der Waals surface area (Å²) in [6.07, 6.45) is 6.47. The second-order valence-corrected chi connectivity index (χ2v) is 7.28. The molecule has 1 saturated heterocycles. The van der Waals surface area contributed by atoms with E-state index in [1.807, 2.05) is 23.6 Å². The smallest absolute Gasteiger partial charge is 0.244 e. The van der Waals surface area contributed by atoms with E-state index in [0.717, 1.165) is 37.4 Å². The van der Waals surface area contributed by atoms with E-state index < -0.39 is 6.04 Å². The fraction of sp³-hybridized carbons (Fsp3) is 0.733. The van der Waals surface area contributed by atoms with E-state index >= 15 is 0 Å². The van der Waals surface area contributed by atoms with Crippen molar-refractivity contribution in [2.24, 2.45) is 17.8 Å². The van der Waals surface area contributed by atoms with Gasteiger partial charge in [-0.2, -0.15) is 11.8 Å². The van der Waals surface area contributed by atoms with Crippen molar-refractivity contribution in [3.63, 3.8) is 0 Å². The van der Waals surface area contributed by atoms with Crippen LogP contribution in [0.15, 0.2) is 12.2 Å². The zero-order chi connectivity index (χ0) is 14.1. The van der Waals surface area contributed by atoms with Crippen molar-refractivity contribution in [3.05, 3.63) is 12.2 Å². The maximum absolute atomic E-state index is 12.3. The number of nitrogens with one attached hydrogen (secondary N) is 1. The van der Waals surface area contributed by atoms with Crippen molar-refractivity contribution in [2.75, 3.05) is 24.6 Å². The summed E-state index contributed by atoms with van der Waals surface area (Å²) in [5, 5.41) is 2.93. The van der Waals surface area contributed by atoms with Crippen LogP contribution in [0, 0.1) is 17.8 Å². The van der Waals surface area contributed by atoms with Gasteiger partial charge < -0.3 is 10.2 Å². The Balaban J connectivity index is 1.53. The summed E-state index contributed by atoms with van der Waals surface area (Å²) in [7, 11) is 0. The van der Waals surface area contributed by atoms with Crippen molar-refractivity contribution in [1.29, 1.82) is 0 Å². The van der Waals surface area contributed by atoms with Gasteiger partial charge in [0, 0.05) is 30.5 Å². The number of rotatable bonds is 3. The molecule has 1 N–H and O–H groups in total. The zero-order valence-corrected chi connectivity index (χ0v) is 12.7. The zero-order valence-electron chi connectivity index (χ0n) is 11.9. The molecule has 20 heavy (non-hydrogen) atoms. The van der Waals surface area contributed by atoms with Gasteiger partial charge in [-0.3, -0.25) is 9.59 Å². The van der Waals surface area contributed by atoms with Crippen LogP contribution < -0.4 is 5.32 Å². The molecule has 2 aliphatic carbocycles. The summed E-state index contributed by atoms with van der Waals surface area (Å²) in [6.45, 7) is 3.42. The van der Waals surface area contributed by atoms with E-state index in [1.165, 1.54) is 0 Å². The molecule has 3 rings (SSSR count). The number of carbonyl (C=O) groups excluding carboxylic acids is 2. The lowest BCUT2D eigenvalue weighted by Crippen LogP contribution is -2.50. The highest BCUT2D eigenvalue weighted by atomic mass is 32.2. The highest BCUT2D eigenvalue weighted by Gasteiger charge is 2.40. The third-order valence-corrected chi connectivity index (χ3v) is 5.61. The Labute approximate surface area is 124 Å². The summed E-state index contributed by atoms with van der Waals surface area (Å²) in [4.78, 5) is 26.5. The topological polar surface area (TPSA) is 49.4 Å². The van der Waals surface area contributed by atoms with Gasteiger partial charge in [-0.25, -0.2) is 0 Å². The third kappa shape index (κ3) is 2.73. The van der Waals surface area contributed by atoms with Gasteiger partial charge >= 0.3 is 0 Å². The number of nitrogens with zero attached hydrogens (tertiary/aromatic N) is 1. The molecule has 4 atom stereocenters. The van der Waals surface area contributed by atoms with E-state index in [-0.39, 0.29) is 17.7 Å². The number of fused-ring (bicyclic) bond motifs is 2. The summed E-state index contributed by atoms with van der Waals surface area (Å²) < 4.78 is 0. The van der Waals surface area contributed by atoms with Gasteiger partial charge in [0.2, 0.25) is 11.8 Å². The van der Waals surface area contributed by atoms with Crippen LogP contribution in [0.5, 0.6) is 0 Å². The van der Waals surface area contributed by atoms with Gasteiger partial charge in [-0.05, 0) is 31.6 Å². The van der Waals surface area contributed by atoms with Gasteiger partial charge in [-0.1, -0.05) is 12.2 Å². The maximum atomic E-state index is 12.3. The number of hydrogen-bond acceptors (Lipinski definition) is 3. The second kappa shape index (κ2) is 5.80. The molecule has 1 saturated carbocycles. The van der Waals surface area contributed by atoms with Crippen molar-refractivity contribution >= 4 is 23.6 Å². The molecule has 3 aliphatic rings. The molecule has 0 spiro atoms. The van der Waals surface area contributed by atoms with Gasteiger partial charge in [-0.15, -0.1) is 0 Å². The molecule has 4 nitrogen and oxygen atoms in total. The first-order chi connectivity index (χ1) is 9.65. The first kappa shape index (κ1) is 14.0. The minimum absolute atomic E-state index is 0.0640. The Morgan fingerprint density at radius 1 is 1.25 bits per heavy atom.